The predicted octanol–water partition coefficient (Wildman–Crippen LogP) is 0.804. The third-order valence-electron chi connectivity index (χ3n) is 5.90. The van der Waals surface area contributed by atoms with Gasteiger partial charge in [0.15, 0.2) is 0 Å². The Bertz CT molecular complexity index is 832. The third-order valence-corrected chi connectivity index (χ3v) is 5.90. The second kappa shape index (κ2) is 21.8. The van der Waals surface area contributed by atoms with Crippen molar-refractivity contribution in [3.63, 3.8) is 0 Å². The standard InChI is InChI=1S/C27H46N6O6/c1-3-11-27(38)33(21-34)15-10-6-9-14-24(35)30-19-28-17-26(37)32-23(16-22-12-7-5-8-13-22)29-18-25(36)31-20-39-4-2/h5,7,12,21,23,28-29H,3-4,6,8-11,13-20H2,1-2H3,(H,30,35)(H,31,36)(H,32,37). The van der Waals surface area contributed by atoms with Gasteiger partial charge in [-0.05, 0) is 39.0 Å². The van der Waals surface area contributed by atoms with Gasteiger partial charge in [0.05, 0.1) is 25.9 Å². The van der Waals surface area contributed by atoms with Gasteiger partial charge in [-0.25, -0.2) is 0 Å². The molecule has 5 amide bonds. The van der Waals surface area contributed by atoms with E-state index in [1.807, 2.05) is 26.0 Å². The van der Waals surface area contributed by atoms with Crippen LogP contribution in [0.3, 0.4) is 0 Å². The van der Waals surface area contributed by atoms with Crippen molar-refractivity contribution in [3.05, 3.63) is 23.8 Å². The minimum absolute atomic E-state index is 0.00126. The molecule has 1 unspecified atom stereocenters. The fourth-order valence-corrected chi connectivity index (χ4v) is 3.78. The first kappa shape index (κ1) is 33.9. The molecule has 0 saturated heterocycles. The molecule has 12 nitrogen and oxygen atoms in total. The molecule has 0 spiro atoms. The molecule has 0 aliphatic heterocycles. The lowest BCUT2D eigenvalue weighted by molar-refractivity contribution is -0.138. The van der Waals surface area contributed by atoms with Crippen LogP contribution in [-0.4, -0.2) is 80.7 Å². The number of unbranched alkanes of at least 4 members (excludes halogenated alkanes) is 2. The van der Waals surface area contributed by atoms with Crippen molar-refractivity contribution >= 4 is 30.0 Å². The third kappa shape index (κ3) is 17.2. The molecule has 1 atom stereocenters. The summed E-state index contributed by atoms with van der Waals surface area (Å²) >= 11 is 0. The van der Waals surface area contributed by atoms with Crippen molar-refractivity contribution in [1.29, 1.82) is 0 Å². The molecule has 1 rings (SSSR count). The molecule has 0 heterocycles. The van der Waals surface area contributed by atoms with Crippen LogP contribution in [0.15, 0.2) is 23.8 Å². The minimum atomic E-state index is -0.420. The Hall–Kier alpha value is -3.09. The highest BCUT2D eigenvalue weighted by atomic mass is 16.5. The quantitative estimate of drug-likeness (QED) is 0.0753. The van der Waals surface area contributed by atoms with Gasteiger partial charge in [0.2, 0.25) is 30.0 Å². The summed E-state index contributed by atoms with van der Waals surface area (Å²) in [6.45, 7) is 4.91. The summed E-state index contributed by atoms with van der Waals surface area (Å²) in [6.07, 6.45) is 12.0. The number of nitrogens with zero attached hydrogens (tertiary/aromatic N) is 1. The van der Waals surface area contributed by atoms with Crippen molar-refractivity contribution in [1.82, 2.24) is 31.5 Å². The molecule has 220 valence electrons. The van der Waals surface area contributed by atoms with Gasteiger partial charge < -0.3 is 20.7 Å². The average Bonchev–Trinajstić information content (AvgIpc) is 2.92. The molecular weight excluding hydrogens is 504 g/mol. The van der Waals surface area contributed by atoms with Crippen LogP contribution in [0.1, 0.15) is 71.6 Å². The summed E-state index contributed by atoms with van der Waals surface area (Å²) in [5.74, 6) is -0.811. The van der Waals surface area contributed by atoms with Crippen molar-refractivity contribution < 1.29 is 28.7 Å². The molecule has 1 aliphatic carbocycles. The van der Waals surface area contributed by atoms with Crippen LogP contribution in [0.4, 0.5) is 0 Å². The molecule has 0 fully saturated rings. The van der Waals surface area contributed by atoms with Crippen LogP contribution in [0.5, 0.6) is 0 Å². The van der Waals surface area contributed by atoms with E-state index in [1.165, 1.54) is 10.5 Å². The molecule has 12 heteroatoms. The van der Waals surface area contributed by atoms with E-state index in [9.17, 15) is 24.0 Å². The maximum Gasteiger partial charge on any atom is 0.235 e. The Morgan fingerprint density at radius 3 is 2.54 bits per heavy atom. The summed E-state index contributed by atoms with van der Waals surface area (Å²) in [7, 11) is 0. The number of carbonyl (C=O) groups excluding carboxylic acids is 5. The summed E-state index contributed by atoms with van der Waals surface area (Å²) in [6, 6.07) is 0. The largest absolute Gasteiger partial charge is 0.362 e. The first-order valence-electron chi connectivity index (χ1n) is 13.8. The fraction of sp³-hybridized carbons (Fsp3) is 0.667. The molecule has 39 heavy (non-hydrogen) atoms. The molecule has 1 aliphatic rings. The van der Waals surface area contributed by atoms with Crippen molar-refractivity contribution in [2.75, 3.05) is 39.6 Å². The Morgan fingerprint density at radius 1 is 1.03 bits per heavy atom. The van der Waals surface area contributed by atoms with E-state index in [0.717, 1.165) is 19.3 Å². The molecule has 0 aromatic rings. The molecule has 0 aromatic heterocycles. The van der Waals surface area contributed by atoms with Crippen molar-refractivity contribution in [2.24, 2.45) is 0 Å². The van der Waals surface area contributed by atoms with Crippen LogP contribution in [0, 0.1) is 0 Å². The van der Waals surface area contributed by atoms with Gasteiger partial charge in [-0.3, -0.25) is 39.5 Å². The number of allylic oxidation sites excluding steroid dienone is 3. The van der Waals surface area contributed by atoms with Gasteiger partial charge >= 0.3 is 0 Å². The highest BCUT2D eigenvalue weighted by Crippen LogP contribution is 2.16. The zero-order valence-corrected chi connectivity index (χ0v) is 23.4. The molecular formula is C27H46N6O6. The monoisotopic (exact) mass is 550 g/mol. The van der Waals surface area contributed by atoms with Gasteiger partial charge in [0, 0.05) is 32.4 Å². The van der Waals surface area contributed by atoms with E-state index in [1.54, 1.807) is 0 Å². The predicted molar refractivity (Wildman–Crippen MR) is 148 cm³/mol. The van der Waals surface area contributed by atoms with Gasteiger partial charge in [-0.1, -0.05) is 37.1 Å². The summed E-state index contributed by atoms with van der Waals surface area (Å²) in [5.41, 5.74) is 1.18. The van der Waals surface area contributed by atoms with E-state index in [4.69, 9.17) is 4.74 Å². The highest BCUT2D eigenvalue weighted by Gasteiger charge is 2.16. The van der Waals surface area contributed by atoms with Gasteiger partial charge in [-0.2, -0.15) is 0 Å². The van der Waals surface area contributed by atoms with Crippen LogP contribution >= 0.6 is 0 Å². The zero-order chi connectivity index (χ0) is 28.7. The number of hydrogen-bond donors (Lipinski definition) is 5. The molecule has 0 aromatic carbocycles. The number of rotatable bonds is 22. The fourth-order valence-electron chi connectivity index (χ4n) is 3.78. The number of amides is 5. The average molecular weight is 551 g/mol. The number of ether oxygens (including phenoxy) is 1. The first-order chi connectivity index (χ1) is 18.9. The second-order valence-electron chi connectivity index (χ2n) is 9.19. The van der Waals surface area contributed by atoms with Crippen LogP contribution in [-0.2, 0) is 28.7 Å². The van der Waals surface area contributed by atoms with E-state index >= 15 is 0 Å². The SMILES string of the molecule is CCCC(=O)N(C=O)CCCCCC(=O)NCNCC(=O)NC(CC1=CC=CCC1)NCC(=O)NCOCC. The lowest BCUT2D eigenvalue weighted by Crippen LogP contribution is -2.51. The Morgan fingerprint density at radius 2 is 1.85 bits per heavy atom. The Kier molecular flexibility index (Phi) is 19.0. The maximum atomic E-state index is 12.5. The van der Waals surface area contributed by atoms with Gasteiger partial charge in [-0.15, -0.1) is 0 Å². The number of carbonyl (C=O) groups is 5. The highest BCUT2D eigenvalue weighted by molar-refractivity contribution is 5.86. The Labute approximate surface area is 231 Å². The summed E-state index contributed by atoms with van der Waals surface area (Å²) < 4.78 is 5.12. The zero-order valence-electron chi connectivity index (χ0n) is 23.4. The van der Waals surface area contributed by atoms with Crippen LogP contribution < -0.4 is 26.6 Å². The topological polar surface area (TPSA) is 158 Å². The lowest BCUT2D eigenvalue weighted by atomic mass is 10.0. The number of hydrogen-bond acceptors (Lipinski definition) is 8. The van der Waals surface area contributed by atoms with E-state index in [-0.39, 0.29) is 50.1 Å². The lowest BCUT2D eigenvalue weighted by Gasteiger charge is -2.22. The maximum absolute atomic E-state index is 12.5. The Balaban J connectivity index is 2.28. The van der Waals surface area contributed by atoms with Crippen molar-refractivity contribution in [2.45, 2.75) is 77.8 Å². The molecule has 0 radical (unpaired) electrons. The summed E-state index contributed by atoms with van der Waals surface area (Å²) in [4.78, 5) is 60.5. The number of nitrogens with one attached hydrogen (secondary N) is 5. The number of imide groups is 1. The van der Waals surface area contributed by atoms with E-state index in [0.29, 0.717) is 58.1 Å². The molecule has 5 N–H and O–H groups in total. The van der Waals surface area contributed by atoms with E-state index < -0.39 is 6.17 Å². The first-order valence-corrected chi connectivity index (χ1v) is 13.8. The van der Waals surface area contributed by atoms with E-state index in [2.05, 4.69) is 32.7 Å². The molecule has 0 bridgehead atoms. The smallest absolute Gasteiger partial charge is 0.235 e. The second-order valence-corrected chi connectivity index (χ2v) is 9.19. The van der Waals surface area contributed by atoms with Gasteiger partial charge in [0.1, 0.15) is 6.73 Å². The minimum Gasteiger partial charge on any atom is -0.362 e. The van der Waals surface area contributed by atoms with Crippen LogP contribution in [0.2, 0.25) is 0 Å². The van der Waals surface area contributed by atoms with Gasteiger partial charge in [0.25, 0.3) is 0 Å². The van der Waals surface area contributed by atoms with Crippen molar-refractivity contribution in [3.8, 4) is 0 Å². The normalized spacial score (nSPS) is 13.2. The molecule has 0 saturated carbocycles. The van der Waals surface area contributed by atoms with Crippen LogP contribution in [0.25, 0.3) is 0 Å². The summed E-state index contributed by atoms with van der Waals surface area (Å²) in [5, 5.41) is 14.2.